The third-order valence-electron chi connectivity index (χ3n) is 2.63. The predicted octanol–water partition coefficient (Wildman–Crippen LogP) is 3.33. The molecule has 0 heteroatoms. The maximum atomic E-state index is 5.56. The van der Waals surface area contributed by atoms with Crippen molar-refractivity contribution in [2.75, 3.05) is 0 Å². The minimum Gasteiger partial charge on any atom is -0.120 e. The summed E-state index contributed by atoms with van der Waals surface area (Å²) in [6, 6.07) is 0. The monoisotopic (exact) mass is 176 g/mol. The van der Waals surface area contributed by atoms with Gasteiger partial charge in [-0.15, -0.1) is 18.8 Å². The molecule has 0 rings (SSSR count). The van der Waals surface area contributed by atoms with Gasteiger partial charge >= 0.3 is 0 Å². The molecule has 0 aromatic carbocycles. The molecule has 0 heterocycles. The van der Waals surface area contributed by atoms with E-state index >= 15 is 0 Å². The van der Waals surface area contributed by atoms with E-state index in [4.69, 9.17) is 12.8 Å². The molecule has 0 saturated carbocycles. The maximum Gasteiger partial charge on any atom is 0.0423 e. The Balaban J connectivity index is 4.75. The summed E-state index contributed by atoms with van der Waals surface area (Å²) >= 11 is 0. The van der Waals surface area contributed by atoms with Gasteiger partial charge in [-0.05, 0) is 19.3 Å². The quantitative estimate of drug-likeness (QED) is 0.576. The summed E-state index contributed by atoms with van der Waals surface area (Å²) in [6.07, 6.45) is 13.2. The van der Waals surface area contributed by atoms with Crippen LogP contribution in [0.15, 0.2) is 0 Å². The minimum absolute atomic E-state index is 0.127. The van der Waals surface area contributed by atoms with E-state index in [2.05, 4.69) is 39.5 Å². The lowest BCUT2D eigenvalue weighted by Crippen LogP contribution is -2.28. The van der Waals surface area contributed by atoms with Crippen LogP contribution in [0.3, 0.4) is 0 Å². The third kappa shape index (κ3) is 2.82. The standard InChI is InChI=1S/C13H20/c1-7-10-13(6,9-3)12(8-2)11(4)5/h2-3,11-12H,7,10H2,1,4-6H3. The Morgan fingerprint density at radius 3 is 2.08 bits per heavy atom. The summed E-state index contributed by atoms with van der Waals surface area (Å²) in [5.41, 5.74) is -0.127. The number of rotatable bonds is 4. The van der Waals surface area contributed by atoms with Gasteiger partial charge < -0.3 is 0 Å². The van der Waals surface area contributed by atoms with Gasteiger partial charge in [0.1, 0.15) is 0 Å². The topological polar surface area (TPSA) is 0 Å². The molecule has 0 saturated heterocycles. The van der Waals surface area contributed by atoms with E-state index in [0.717, 1.165) is 12.8 Å². The zero-order valence-electron chi connectivity index (χ0n) is 9.22. The Bertz CT molecular complexity index is 223. The van der Waals surface area contributed by atoms with Gasteiger partial charge in [-0.25, -0.2) is 0 Å². The van der Waals surface area contributed by atoms with E-state index in [-0.39, 0.29) is 11.3 Å². The van der Waals surface area contributed by atoms with Crippen molar-refractivity contribution in [1.82, 2.24) is 0 Å². The van der Waals surface area contributed by atoms with Crippen molar-refractivity contribution in [3.8, 4) is 24.7 Å². The molecule has 0 aromatic heterocycles. The molecular weight excluding hydrogens is 156 g/mol. The van der Waals surface area contributed by atoms with Crippen LogP contribution >= 0.6 is 0 Å². The van der Waals surface area contributed by atoms with Crippen LogP contribution < -0.4 is 0 Å². The molecule has 0 aliphatic carbocycles. The molecule has 0 aromatic rings. The molecule has 2 atom stereocenters. The van der Waals surface area contributed by atoms with Crippen molar-refractivity contribution in [2.24, 2.45) is 17.3 Å². The van der Waals surface area contributed by atoms with Gasteiger partial charge in [0.25, 0.3) is 0 Å². The van der Waals surface area contributed by atoms with Gasteiger partial charge in [-0.2, -0.15) is 0 Å². The van der Waals surface area contributed by atoms with Crippen molar-refractivity contribution >= 4 is 0 Å². The lowest BCUT2D eigenvalue weighted by molar-refractivity contribution is 0.246. The first-order valence-electron chi connectivity index (χ1n) is 4.95. The molecule has 0 bridgehead atoms. The molecule has 0 aliphatic heterocycles. The van der Waals surface area contributed by atoms with Gasteiger partial charge in [0, 0.05) is 11.3 Å². The van der Waals surface area contributed by atoms with E-state index in [1.807, 2.05) is 0 Å². The third-order valence-corrected chi connectivity index (χ3v) is 2.63. The number of hydrogen-bond donors (Lipinski definition) is 0. The highest BCUT2D eigenvalue weighted by molar-refractivity contribution is 5.14. The Morgan fingerprint density at radius 1 is 1.31 bits per heavy atom. The van der Waals surface area contributed by atoms with Crippen LogP contribution in [0.25, 0.3) is 0 Å². The summed E-state index contributed by atoms with van der Waals surface area (Å²) in [5.74, 6) is 6.35. The highest BCUT2D eigenvalue weighted by Gasteiger charge is 2.32. The van der Waals surface area contributed by atoms with Gasteiger partial charge in [0.2, 0.25) is 0 Å². The van der Waals surface area contributed by atoms with Crippen molar-refractivity contribution in [2.45, 2.75) is 40.5 Å². The van der Waals surface area contributed by atoms with Crippen LogP contribution in [0, 0.1) is 41.9 Å². The van der Waals surface area contributed by atoms with Crippen molar-refractivity contribution < 1.29 is 0 Å². The average molecular weight is 176 g/mol. The summed E-state index contributed by atoms with van der Waals surface area (Å²) in [5, 5.41) is 0. The van der Waals surface area contributed by atoms with Crippen molar-refractivity contribution in [1.29, 1.82) is 0 Å². The average Bonchev–Trinajstić information content (AvgIpc) is 2.05. The number of hydrogen-bond acceptors (Lipinski definition) is 0. The van der Waals surface area contributed by atoms with Gasteiger partial charge in [0.15, 0.2) is 0 Å². The molecule has 13 heavy (non-hydrogen) atoms. The second-order valence-electron chi connectivity index (χ2n) is 4.20. The summed E-state index contributed by atoms with van der Waals surface area (Å²) in [4.78, 5) is 0. The highest BCUT2D eigenvalue weighted by atomic mass is 14.3. The smallest absolute Gasteiger partial charge is 0.0423 e. The van der Waals surface area contributed by atoms with Crippen LogP contribution in [0.4, 0.5) is 0 Å². The molecule has 0 spiro atoms. The van der Waals surface area contributed by atoms with E-state index < -0.39 is 0 Å². The van der Waals surface area contributed by atoms with Crippen LogP contribution in [-0.4, -0.2) is 0 Å². The fourth-order valence-electron chi connectivity index (χ4n) is 1.95. The molecule has 0 fully saturated rings. The van der Waals surface area contributed by atoms with Gasteiger partial charge in [0.05, 0.1) is 0 Å². The Labute approximate surface area is 83.1 Å². The van der Waals surface area contributed by atoms with Gasteiger partial charge in [-0.3, -0.25) is 0 Å². The summed E-state index contributed by atoms with van der Waals surface area (Å²) < 4.78 is 0. The zero-order valence-corrected chi connectivity index (χ0v) is 9.22. The SMILES string of the molecule is C#CC(C(C)C)C(C)(C#C)CCC. The predicted molar refractivity (Wildman–Crippen MR) is 59.0 cm³/mol. The molecule has 0 aliphatic rings. The second-order valence-corrected chi connectivity index (χ2v) is 4.20. The van der Waals surface area contributed by atoms with Crippen LogP contribution in [0.1, 0.15) is 40.5 Å². The minimum atomic E-state index is -0.127. The number of terminal acetylenes is 2. The first kappa shape index (κ1) is 12.1. The van der Waals surface area contributed by atoms with E-state index in [1.165, 1.54) is 0 Å². The van der Waals surface area contributed by atoms with Crippen LogP contribution in [-0.2, 0) is 0 Å². The molecule has 0 N–H and O–H groups in total. The van der Waals surface area contributed by atoms with E-state index in [1.54, 1.807) is 0 Å². The molecule has 0 amide bonds. The fourth-order valence-corrected chi connectivity index (χ4v) is 1.95. The lowest BCUT2D eigenvalue weighted by Gasteiger charge is -2.32. The Morgan fingerprint density at radius 2 is 1.85 bits per heavy atom. The van der Waals surface area contributed by atoms with Crippen molar-refractivity contribution in [3.05, 3.63) is 0 Å². The van der Waals surface area contributed by atoms with Crippen LogP contribution in [0.5, 0.6) is 0 Å². The second kappa shape index (κ2) is 4.98. The summed E-state index contributed by atoms with van der Waals surface area (Å²) in [7, 11) is 0. The fraction of sp³-hybridized carbons (Fsp3) is 0.692. The molecule has 72 valence electrons. The van der Waals surface area contributed by atoms with Crippen LogP contribution in [0.2, 0.25) is 0 Å². The summed E-state index contributed by atoms with van der Waals surface area (Å²) in [6.45, 7) is 8.51. The Kier molecular flexibility index (Phi) is 4.64. The van der Waals surface area contributed by atoms with E-state index in [0.29, 0.717) is 5.92 Å². The Hall–Kier alpha value is -0.880. The maximum absolute atomic E-state index is 5.56. The molecular formula is C13H20. The zero-order chi connectivity index (χ0) is 10.5. The first-order chi connectivity index (χ1) is 6.01. The largest absolute Gasteiger partial charge is 0.120 e. The lowest BCUT2D eigenvalue weighted by atomic mass is 9.70. The molecule has 2 unspecified atom stereocenters. The molecule has 0 nitrogen and oxygen atoms in total. The van der Waals surface area contributed by atoms with Gasteiger partial charge in [-0.1, -0.05) is 33.1 Å². The normalized spacial score (nSPS) is 17.2. The first-order valence-corrected chi connectivity index (χ1v) is 4.95. The highest BCUT2D eigenvalue weighted by Crippen LogP contribution is 2.36. The molecule has 0 radical (unpaired) electrons. The van der Waals surface area contributed by atoms with Crippen molar-refractivity contribution in [3.63, 3.8) is 0 Å². The van der Waals surface area contributed by atoms with E-state index in [9.17, 15) is 0 Å².